The molecule has 3 nitrogen and oxygen atoms in total. The Morgan fingerprint density at radius 1 is 0.852 bits per heavy atom. The number of amides is 1. The van der Waals surface area contributed by atoms with E-state index in [4.69, 9.17) is 0 Å². The molecule has 3 aromatic rings. The zero-order valence-corrected chi connectivity index (χ0v) is 16.1. The van der Waals surface area contributed by atoms with Gasteiger partial charge in [0.2, 0.25) is 0 Å². The number of carbonyl (C=O) groups excluding carboxylic acids is 1. The van der Waals surface area contributed by atoms with Crippen molar-refractivity contribution in [3.63, 3.8) is 0 Å². The Hall–Kier alpha value is -2.98. The van der Waals surface area contributed by atoms with Crippen LogP contribution in [-0.4, -0.2) is 20.0 Å². The molecule has 0 fully saturated rings. The summed E-state index contributed by atoms with van der Waals surface area (Å²) in [7, 11) is 4.02. The Morgan fingerprint density at radius 2 is 1.41 bits per heavy atom. The maximum Gasteiger partial charge on any atom is 0.255 e. The number of hydrogen-bond acceptors (Lipinski definition) is 3. The third kappa shape index (κ3) is 3.49. The Balaban J connectivity index is 1.65. The van der Waals surface area contributed by atoms with Crippen LogP contribution >= 0.6 is 11.8 Å². The molecule has 3 aromatic carbocycles. The van der Waals surface area contributed by atoms with Crippen molar-refractivity contribution >= 4 is 40.8 Å². The monoisotopic (exact) mass is 372 g/mol. The summed E-state index contributed by atoms with van der Waals surface area (Å²) in [6, 6.07) is 24.2. The summed E-state index contributed by atoms with van der Waals surface area (Å²) in [4.78, 5) is 19.1. The molecule has 27 heavy (non-hydrogen) atoms. The van der Waals surface area contributed by atoms with E-state index in [1.807, 2.05) is 80.8 Å². The molecular formula is C23H20N2OS. The van der Waals surface area contributed by atoms with Gasteiger partial charge in [-0.3, -0.25) is 9.69 Å². The maximum absolute atomic E-state index is 13.1. The molecule has 0 aromatic heterocycles. The minimum Gasteiger partial charge on any atom is -0.378 e. The van der Waals surface area contributed by atoms with Gasteiger partial charge in [0.25, 0.3) is 5.91 Å². The highest BCUT2D eigenvalue weighted by molar-refractivity contribution is 7.99. The number of carbonyl (C=O) groups is 1. The number of rotatable bonds is 3. The first kappa shape index (κ1) is 17.4. The Labute approximate surface area is 163 Å². The van der Waals surface area contributed by atoms with E-state index in [-0.39, 0.29) is 5.91 Å². The number of benzene rings is 3. The fraction of sp³-hybridized carbons (Fsp3) is 0.0870. The molecule has 0 unspecified atom stereocenters. The molecule has 0 saturated carbocycles. The second-order valence-electron chi connectivity index (χ2n) is 6.53. The summed E-state index contributed by atoms with van der Waals surface area (Å²) in [5, 5.41) is 0. The number of hydrogen-bond donors (Lipinski definition) is 0. The number of fused-ring (bicyclic) bond motifs is 2. The average Bonchev–Trinajstić information content (AvgIpc) is 2.70. The Bertz CT molecular complexity index is 963. The zero-order valence-electron chi connectivity index (χ0n) is 15.3. The summed E-state index contributed by atoms with van der Waals surface area (Å²) in [6.07, 6.45) is 3.52. The lowest BCUT2D eigenvalue weighted by molar-refractivity contribution is -0.113. The van der Waals surface area contributed by atoms with Crippen molar-refractivity contribution in [1.29, 1.82) is 0 Å². The van der Waals surface area contributed by atoms with Crippen molar-refractivity contribution in [2.45, 2.75) is 9.79 Å². The van der Waals surface area contributed by atoms with Crippen molar-refractivity contribution in [3.05, 3.63) is 84.4 Å². The largest absolute Gasteiger partial charge is 0.378 e. The quantitative estimate of drug-likeness (QED) is 0.560. The van der Waals surface area contributed by atoms with Crippen LogP contribution in [0, 0.1) is 0 Å². The van der Waals surface area contributed by atoms with Crippen LogP contribution in [0.25, 0.3) is 6.08 Å². The van der Waals surface area contributed by atoms with Gasteiger partial charge in [0.1, 0.15) is 0 Å². The van der Waals surface area contributed by atoms with E-state index in [2.05, 4.69) is 17.0 Å². The first-order chi connectivity index (χ1) is 13.1. The van der Waals surface area contributed by atoms with E-state index >= 15 is 0 Å². The summed E-state index contributed by atoms with van der Waals surface area (Å²) in [6.45, 7) is 0. The van der Waals surface area contributed by atoms with Crippen LogP contribution in [-0.2, 0) is 4.79 Å². The highest BCUT2D eigenvalue weighted by Gasteiger charge is 2.26. The second-order valence-corrected chi connectivity index (χ2v) is 7.61. The first-order valence-corrected chi connectivity index (χ1v) is 9.60. The smallest absolute Gasteiger partial charge is 0.255 e. The van der Waals surface area contributed by atoms with Gasteiger partial charge in [-0.1, -0.05) is 48.2 Å². The molecule has 1 heterocycles. The van der Waals surface area contributed by atoms with Gasteiger partial charge in [0.15, 0.2) is 0 Å². The Kier molecular flexibility index (Phi) is 4.73. The molecule has 0 radical (unpaired) electrons. The minimum atomic E-state index is -0.0492. The molecule has 1 aliphatic heterocycles. The maximum atomic E-state index is 13.1. The Morgan fingerprint density at radius 3 is 1.96 bits per heavy atom. The molecule has 0 N–H and O–H groups in total. The van der Waals surface area contributed by atoms with Gasteiger partial charge in [-0.05, 0) is 48.0 Å². The minimum absolute atomic E-state index is 0.0492. The highest BCUT2D eigenvalue weighted by Crippen LogP contribution is 2.47. The van der Waals surface area contributed by atoms with Crippen LogP contribution in [0.3, 0.4) is 0 Å². The third-order valence-corrected chi connectivity index (χ3v) is 5.61. The van der Waals surface area contributed by atoms with Crippen molar-refractivity contribution in [2.24, 2.45) is 0 Å². The lowest BCUT2D eigenvalue weighted by Gasteiger charge is -2.30. The number of para-hydroxylation sites is 2. The summed E-state index contributed by atoms with van der Waals surface area (Å²) < 4.78 is 0. The standard InChI is InChI=1S/C23H20N2OS/c1-24(2)18-14-11-17(12-15-18)13-16-23(26)25-19-7-3-5-9-21(19)27-22-10-6-4-8-20(22)25/h3-16H,1-2H3. The van der Waals surface area contributed by atoms with Crippen LogP contribution in [0.1, 0.15) is 5.56 Å². The van der Waals surface area contributed by atoms with Crippen LogP contribution in [0.5, 0.6) is 0 Å². The van der Waals surface area contributed by atoms with Crippen LogP contribution in [0.4, 0.5) is 17.1 Å². The van der Waals surface area contributed by atoms with Gasteiger partial charge >= 0.3 is 0 Å². The van der Waals surface area contributed by atoms with Gasteiger partial charge in [0.05, 0.1) is 11.4 Å². The predicted octanol–water partition coefficient (Wildman–Crippen LogP) is 5.60. The van der Waals surface area contributed by atoms with Gasteiger partial charge in [-0.2, -0.15) is 0 Å². The fourth-order valence-corrected chi connectivity index (χ4v) is 4.13. The average molecular weight is 372 g/mol. The van der Waals surface area contributed by atoms with E-state index in [0.29, 0.717) is 0 Å². The summed E-state index contributed by atoms with van der Waals surface area (Å²) >= 11 is 1.70. The molecule has 0 saturated heterocycles. The highest BCUT2D eigenvalue weighted by atomic mass is 32.2. The lowest BCUT2D eigenvalue weighted by atomic mass is 10.1. The van der Waals surface area contributed by atoms with Crippen LogP contribution in [0.15, 0.2) is 88.7 Å². The number of nitrogens with zero attached hydrogens (tertiary/aromatic N) is 2. The molecule has 0 aliphatic carbocycles. The topological polar surface area (TPSA) is 23.6 Å². The molecule has 4 rings (SSSR count). The number of anilines is 3. The molecular weight excluding hydrogens is 352 g/mol. The molecule has 0 spiro atoms. The van der Waals surface area contributed by atoms with Gasteiger partial charge < -0.3 is 4.90 Å². The van der Waals surface area contributed by atoms with E-state index < -0.39 is 0 Å². The van der Waals surface area contributed by atoms with Crippen molar-refractivity contribution < 1.29 is 4.79 Å². The van der Waals surface area contributed by atoms with Crippen molar-refractivity contribution in [3.8, 4) is 0 Å². The van der Waals surface area contributed by atoms with E-state index in [1.165, 1.54) is 0 Å². The fourth-order valence-electron chi connectivity index (χ4n) is 3.07. The summed E-state index contributed by atoms with van der Waals surface area (Å²) in [5.41, 5.74) is 3.99. The van der Waals surface area contributed by atoms with Gasteiger partial charge in [-0.15, -0.1) is 0 Å². The normalized spacial score (nSPS) is 12.6. The molecule has 1 amide bonds. The van der Waals surface area contributed by atoms with Crippen LogP contribution in [0.2, 0.25) is 0 Å². The van der Waals surface area contributed by atoms with Crippen molar-refractivity contribution in [1.82, 2.24) is 0 Å². The van der Waals surface area contributed by atoms with Crippen LogP contribution < -0.4 is 9.80 Å². The lowest BCUT2D eigenvalue weighted by Crippen LogP contribution is -2.26. The van der Waals surface area contributed by atoms with Crippen molar-refractivity contribution in [2.75, 3.05) is 23.9 Å². The second kappa shape index (κ2) is 7.33. The summed E-state index contributed by atoms with van der Waals surface area (Å²) in [5.74, 6) is -0.0492. The molecule has 4 heteroatoms. The molecule has 1 aliphatic rings. The van der Waals surface area contributed by atoms with E-state index in [9.17, 15) is 4.79 Å². The van der Waals surface area contributed by atoms with Gasteiger partial charge in [-0.25, -0.2) is 0 Å². The molecule has 134 valence electrons. The molecule has 0 atom stereocenters. The predicted molar refractivity (Wildman–Crippen MR) is 114 cm³/mol. The third-order valence-electron chi connectivity index (χ3n) is 4.48. The first-order valence-electron chi connectivity index (χ1n) is 8.79. The van der Waals surface area contributed by atoms with E-state index in [0.717, 1.165) is 32.4 Å². The zero-order chi connectivity index (χ0) is 18.8. The SMILES string of the molecule is CN(C)c1ccc(C=CC(=O)N2c3ccccc3Sc3ccccc32)cc1. The van der Waals surface area contributed by atoms with E-state index in [1.54, 1.807) is 22.7 Å². The van der Waals surface area contributed by atoms with Gasteiger partial charge in [0, 0.05) is 35.6 Å². The molecule has 0 bridgehead atoms.